The number of halogens is 1. The minimum Gasteiger partial charge on any atom is -0.394 e. The largest absolute Gasteiger partial charge is 0.394 e. The fraction of sp³-hybridized carbons (Fsp3) is 0.571. The van der Waals surface area contributed by atoms with Crippen molar-refractivity contribution in [2.24, 2.45) is 0 Å². The molecule has 2 N–H and O–H groups in total. The lowest BCUT2D eigenvalue weighted by Gasteiger charge is -2.04. The molecule has 0 aromatic heterocycles. The first kappa shape index (κ1) is 19.3. The van der Waals surface area contributed by atoms with E-state index in [4.69, 9.17) is 36.0 Å². The van der Waals surface area contributed by atoms with E-state index in [2.05, 4.69) is 0 Å². The van der Waals surface area contributed by atoms with Crippen LogP contribution in [0.25, 0.3) is 0 Å². The molecule has 0 radical (unpaired) electrons. The summed E-state index contributed by atoms with van der Waals surface area (Å²) in [5.41, 5.74) is 0. The molecular weight excluding hydrogens is 284 g/mol. The van der Waals surface area contributed by atoms with E-state index in [1.54, 1.807) is 0 Å². The molecule has 0 heterocycles. The zero-order valence-electron chi connectivity index (χ0n) is 11.5. The lowest BCUT2D eigenvalue weighted by atomic mass is 10.4. The second kappa shape index (κ2) is 16.4. The summed E-state index contributed by atoms with van der Waals surface area (Å²) in [6, 6.07) is 9.44. The molecule has 1 rings (SSSR count). The molecule has 1 aromatic rings. The topological polar surface area (TPSA) is 68.2 Å². The van der Waals surface area contributed by atoms with Gasteiger partial charge in [-0.1, -0.05) is 29.8 Å². The van der Waals surface area contributed by atoms with Gasteiger partial charge >= 0.3 is 0 Å². The monoisotopic (exact) mass is 306 g/mol. The molecule has 0 spiro atoms. The average molecular weight is 307 g/mol. The number of aliphatic hydroxyl groups is 2. The first-order valence-electron chi connectivity index (χ1n) is 6.46. The third-order valence-electron chi connectivity index (χ3n) is 1.95. The maximum Gasteiger partial charge on any atom is 0.0701 e. The molecule has 0 bridgehead atoms. The molecule has 0 aliphatic rings. The molecule has 0 unspecified atom stereocenters. The fourth-order valence-electron chi connectivity index (χ4n) is 1.09. The lowest BCUT2D eigenvalue weighted by Crippen LogP contribution is -2.11. The third-order valence-corrected chi connectivity index (χ3v) is 2.20. The van der Waals surface area contributed by atoms with E-state index >= 15 is 0 Å². The highest BCUT2D eigenvalue weighted by molar-refractivity contribution is 6.30. The van der Waals surface area contributed by atoms with Crippen molar-refractivity contribution in [3.63, 3.8) is 0 Å². The third kappa shape index (κ3) is 15.4. The first-order chi connectivity index (χ1) is 9.81. The van der Waals surface area contributed by atoms with Gasteiger partial charge in [0.05, 0.1) is 52.9 Å². The fourth-order valence-corrected chi connectivity index (χ4v) is 1.23. The van der Waals surface area contributed by atoms with Crippen LogP contribution in [-0.2, 0) is 14.2 Å². The van der Waals surface area contributed by atoms with Crippen LogP contribution in [0.5, 0.6) is 0 Å². The maximum absolute atomic E-state index is 8.36. The van der Waals surface area contributed by atoms with Gasteiger partial charge in [0.15, 0.2) is 0 Å². The van der Waals surface area contributed by atoms with Gasteiger partial charge in [-0.2, -0.15) is 0 Å². The Morgan fingerprint density at radius 1 is 0.700 bits per heavy atom. The van der Waals surface area contributed by atoms with Crippen LogP contribution in [0.4, 0.5) is 0 Å². The highest BCUT2D eigenvalue weighted by atomic mass is 35.5. The number of hydrogen-bond donors (Lipinski definition) is 2. The van der Waals surface area contributed by atoms with Crippen molar-refractivity contribution < 1.29 is 24.4 Å². The van der Waals surface area contributed by atoms with Gasteiger partial charge in [0.2, 0.25) is 0 Å². The quantitative estimate of drug-likeness (QED) is 0.639. The molecule has 20 heavy (non-hydrogen) atoms. The zero-order valence-corrected chi connectivity index (χ0v) is 12.3. The first-order valence-corrected chi connectivity index (χ1v) is 6.84. The maximum atomic E-state index is 8.36. The molecular formula is C14H23ClO5. The van der Waals surface area contributed by atoms with Gasteiger partial charge in [0, 0.05) is 5.02 Å². The molecule has 0 saturated carbocycles. The zero-order chi connectivity index (χ0) is 14.9. The normalized spacial score (nSPS) is 9.95. The van der Waals surface area contributed by atoms with E-state index in [-0.39, 0.29) is 13.2 Å². The van der Waals surface area contributed by atoms with Gasteiger partial charge in [-0.05, 0) is 12.1 Å². The van der Waals surface area contributed by atoms with Crippen LogP contribution in [-0.4, -0.2) is 63.1 Å². The van der Waals surface area contributed by atoms with Crippen LogP contribution in [0.15, 0.2) is 30.3 Å². The Labute approximate surface area is 125 Å². The van der Waals surface area contributed by atoms with E-state index in [9.17, 15) is 0 Å². The smallest absolute Gasteiger partial charge is 0.0701 e. The van der Waals surface area contributed by atoms with Gasteiger partial charge in [-0.25, -0.2) is 0 Å². The molecule has 6 heteroatoms. The van der Waals surface area contributed by atoms with Crippen molar-refractivity contribution in [2.75, 3.05) is 52.9 Å². The van der Waals surface area contributed by atoms with Crippen LogP contribution in [0.3, 0.4) is 0 Å². The summed E-state index contributed by atoms with van der Waals surface area (Å²) in [6.45, 7) is 2.76. The predicted octanol–water partition coefficient (Wildman–Crippen LogP) is 1.36. The van der Waals surface area contributed by atoms with Gasteiger partial charge < -0.3 is 24.4 Å². The molecule has 0 atom stereocenters. The van der Waals surface area contributed by atoms with E-state index in [1.807, 2.05) is 30.3 Å². The van der Waals surface area contributed by atoms with Crippen LogP contribution in [0.1, 0.15) is 0 Å². The van der Waals surface area contributed by atoms with Crippen molar-refractivity contribution >= 4 is 11.6 Å². The van der Waals surface area contributed by atoms with Gasteiger partial charge in [0.1, 0.15) is 0 Å². The molecule has 0 saturated heterocycles. The molecule has 5 nitrogen and oxygen atoms in total. The molecule has 1 aromatic carbocycles. The summed E-state index contributed by atoms with van der Waals surface area (Å²) < 4.78 is 15.0. The number of aliphatic hydroxyl groups excluding tert-OH is 2. The summed E-state index contributed by atoms with van der Waals surface area (Å²) in [5, 5.41) is 17.5. The van der Waals surface area contributed by atoms with E-state index < -0.39 is 0 Å². The van der Waals surface area contributed by atoms with Gasteiger partial charge in [-0.3, -0.25) is 0 Å². The van der Waals surface area contributed by atoms with Gasteiger partial charge in [0.25, 0.3) is 0 Å². The summed E-state index contributed by atoms with van der Waals surface area (Å²) >= 11 is 5.54. The molecule has 0 aliphatic carbocycles. The molecule has 0 aliphatic heterocycles. The van der Waals surface area contributed by atoms with Crippen LogP contribution in [0, 0.1) is 0 Å². The van der Waals surface area contributed by atoms with Crippen LogP contribution in [0.2, 0.25) is 5.02 Å². The van der Waals surface area contributed by atoms with Crippen molar-refractivity contribution in [3.8, 4) is 0 Å². The Bertz CT molecular complexity index is 274. The molecule has 116 valence electrons. The standard InChI is InChI=1S/C8H18O5.C6H5Cl/c9-1-3-11-5-7-13-8-6-12-4-2-10;7-6-4-2-1-3-5-6/h9-10H,1-8H2;1-5H. The number of benzene rings is 1. The van der Waals surface area contributed by atoms with Crippen molar-refractivity contribution in [2.45, 2.75) is 0 Å². The Kier molecular flexibility index (Phi) is 15.8. The highest BCUT2D eigenvalue weighted by Crippen LogP contribution is 2.03. The molecule has 0 amide bonds. The summed E-state index contributed by atoms with van der Waals surface area (Å²) in [4.78, 5) is 0. The average Bonchev–Trinajstić information content (AvgIpc) is 2.47. The Balaban J connectivity index is 0.000000428. The minimum atomic E-state index is 0.0413. The van der Waals surface area contributed by atoms with Crippen molar-refractivity contribution in [1.82, 2.24) is 0 Å². The van der Waals surface area contributed by atoms with E-state index in [1.165, 1.54) is 0 Å². The summed E-state index contributed by atoms with van der Waals surface area (Å²) in [7, 11) is 0. The Morgan fingerprint density at radius 3 is 1.40 bits per heavy atom. The van der Waals surface area contributed by atoms with E-state index in [0.29, 0.717) is 39.6 Å². The van der Waals surface area contributed by atoms with Crippen LogP contribution < -0.4 is 0 Å². The van der Waals surface area contributed by atoms with E-state index in [0.717, 1.165) is 5.02 Å². The summed E-state index contributed by atoms with van der Waals surface area (Å²) in [5.74, 6) is 0. The Hall–Kier alpha value is -0.690. The second-order valence-corrected chi connectivity index (χ2v) is 4.02. The SMILES string of the molecule is Clc1ccccc1.OCCOCCOCCOCCO. The predicted molar refractivity (Wildman–Crippen MR) is 78.1 cm³/mol. The van der Waals surface area contributed by atoms with Crippen molar-refractivity contribution in [3.05, 3.63) is 35.4 Å². The second-order valence-electron chi connectivity index (χ2n) is 3.58. The van der Waals surface area contributed by atoms with Crippen molar-refractivity contribution in [1.29, 1.82) is 0 Å². The highest BCUT2D eigenvalue weighted by Gasteiger charge is 1.89. The van der Waals surface area contributed by atoms with Gasteiger partial charge in [-0.15, -0.1) is 0 Å². The lowest BCUT2D eigenvalue weighted by molar-refractivity contribution is 0.00230. The molecule has 0 fully saturated rings. The summed E-state index contributed by atoms with van der Waals surface area (Å²) in [6.07, 6.45) is 0. The minimum absolute atomic E-state index is 0.0413. The Morgan fingerprint density at radius 2 is 1.10 bits per heavy atom. The number of hydrogen-bond acceptors (Lipinski definition) is 5. The number of ether oxygens (including phenoxy) is 3. The number of rotatable bonds is 10. The van der Waals surface area contributed by atoms with Crippen LogP contribution >= 0.6 is 11.6 Å².